The summed E-state index contributed by atoms with van der Waals surface area (Å²) in [4.78, 5) is 37.4. The number of amides is 3. The van der Waals surface area contributed by atoms with Gasteiger partial charge in [0, 0.05) is 26.7 Å². The molecule has 1 aliphatic rings. The minimum absolute atomic E-state index is 0.101. The van der Waals surface area contributed by atoms with E-state index in [-0.39, 0.29) is 18.5 Å². The van der Waals surface area contributed by atoms with Crippen molar-refractivity contribution in [3.05, 3.63) is 0 Å². The second-order valence-electron chi connectivity index (χ2n) is 4.83. The Hall–Kier alpha value is -1.79. The summed E-state index contributed by atoms with van der Waals surface area (Å²) >= 11 is 0. The van der Waals surface area contributed by atoms with Crippen molar-refractivity contribution < 1.29 is 19.5 Å². The fourth-order valence-electron chi connectivity index (χ4n) is 1.96. The topological polar surface area (TPSA) is 89.9 Å². The van der Waals surface area contributed by atoms with Gasteiger partial charge in [0.1, 0.15) is 6.04 Å². The molecule has 3 amide bonds. The van der Waals surface area contributed by atoms with Crippen LogP contribution >= 0.6 is 0 Å². The number of likely N-dealkylation sites (tertiary alicyclic amines) is 1. The Balaban J connectivity index is 2.55. The number of carboxylic acids is 1. The van der Waals surface area contributed by atoms with E-state index in [9.17, 15) is 14.4 Å². The van der Waals surface area contributed by atoms with E-state index in [1.165, 1.54) is 4.90 Å². The Morgan fingerprint density at radius 3 is 2.63 bits per heavy atom. The molecule has 0 radical (unpaired) electrons. The lowest BCUT2D eigenvalue weighted by atomic mass is 10.2. The molecule has 7 heteroatoms. The van der Waals surface area contributed by atoms with Gasteiger partial charge >= 0.3 is 12.0 Å². The first-order valence-corrected chi connectivity index (χ1v) is 6.40. The molecule has 1 heterocycles. The van der Waals surface area contributed by atoms with E-state index in [4.69, 9.17) is 5.11 Å². The Morgan fingerprint density at radius 2 is 2.21 bits per heavy atom. The van der Waals surface area contributed by atoms with Crippen LogP contribution in [0, 0.1) is 5.92 Å². The molecule has 0 aromatic carbocycles. The molecule has 1 aliphatic heterocycles. The number of nitrogens with zero attached hydrogens (tertiary/aromatic N) is 2. The van der Waals surface area contributed by atoms with Crippen molar-refractivity contribution in [1.82, 2.24) is 15.1 Å². The molecule has 0 bridgehead atoms. The minimum Gasteiger partial charge on any atom is -0.481 e. The first kappa shape index (κ1) is 15.3. The summed E-state index contributed by atoms with van der Waals surface area (Å²) in [5, 5.41) is 11.5. The van der Waals surface area contributed by atoms with Crippen molar-refractivity contribution in [2.24, 2.45) is 5.92 Å². The second kappa shape index (κ2) is 6.40. The maximum atomic E-state index is 12.0. The standard InChI is InChI=1S/C12H21N3O4/c1-4-15(7-8(2)11(17)18)12(19)13-9-5-6-14(3)10(9)16/h8-9H,4-7H2,1-3H3,(H,13,19)(H,17,18). The van der Waals surface area contributed by atoms with Gasteiger partial charge in [-0.3, -0.25) is 9.59 Å². The number of carbonyl (C=O) groups is 3. The second-order valence-corrected chi connectivity index (χ2v) is 4.83. The summed E-state index contributed by atoms with van der Waals surface area (Å²) in [6, 6.07) is -0.879. The number of carboxylic acid groups (broad SMARTS) is 1. The average molecular weight is 271 g/mol. The van der Waals surface area contributed by atoms with Crippen LogP contribution in [-0.4, -0.2) is 65.5 Å². The van der Waals surface area contributed by atoms with Gasteiger partial charge in [0.2, 0.25) is 5.91 Å². The highest BCUT2D eigenvalue weighted by molar-refractivity contribution is 5.88. The molecule has 1 saturated heterocycles. The summed E-state index contributed by atoms with van der Waals surface area (Å²) < 4.78 is 0. The third-order valence-corrected chi connectivity index (χ3v) is 3.31. The predicted molar refractivity (Wildman–Crippen MR) is 68.6 cm³/mol. The molecular weight excluding hydrogens is 250 g/mol. The van der Waals surface area contributed by atoms with E-state index in [0.717, 1.165) is 0 Å². The molecule has 7 nitrogen and oxygen atoms in total. The highest BCUT2D eigenvalue weighted by Crippen LogP contribution is 2.09. The molecule has 1 rings (SSSR count). The van der Waals surface area contributed by atoms with Crippen molar-refractivity contribution >= 4 is 17.9 Å². The molecule has 19 heavy (non-hydrogen) atoms. The highest BCUT2D eigenvalue weighted by Gasteiger charge is 2.31. The van der Waals surface area contributed by atoms with Crippen molar-refractivity contribution in [3.63, 3.8) is 0 Å². The quantitative estimate of drug-likeness (QED) is 0.734. The molecule has 108 valence electrons. The highest BCUT2D eigenvalue weighted by atomic mass is 16.4. The first-order chi connectivity index (χ1) is 8.86. The molecular formula is C12H21N3O4. The van der Waals surface area contributed by atoms with Gasteiger partial charge in [-0.2, -0.15) is 0 Å². The third-order valence-electron chi connectivity index (χ3n) is 3.31. The largest absolute Gasteiger partial charge is 0.481 e. The molecule has 2 unspecified atom stereocenters. The maximum absolute atomic E-state index is 12.0. The van der Waals surface area contributed by atoms with Gasteiger partial charge in [-0.05, 0) is 13.3 Å². The van der Waals surface area contributed by atoms with Gasteiger partial charge in [0.05, 0.1) is 5.92 Å². The van der Waals surface area contributed by atoms with Crippen LogP contribution in [0.3, 0.4) is 0 Å². The van der Waals surface area contributed by atoms with Crippen molar-refractivity contribution in [2.75, 3.05) is 26.7 Å². The Labute approximate surface area is 112 Å². The third kappa shape index (κ3) is 3.84. The molecule has 2 N–H and O–H groups in total. The molecule has 0 spiro atoms. The summed E-state index contributed by atoms with van der Waals surface area (Å²) in [5.74, 6) is -1.67. The Bertz CT molecular complexity index is 372. The molecule has 0 aromatic heterocycles. The van der Waals surface area contributed by atoms with Gasteiger partial charge in [-0.15, -0.1) is 0 Å². The number of hydrogen-bond acceptors (Lipinski definition) is 3. The lowest BCUT2D eigenvalue weighted by Crippen LogP contribution is -2.49. The zero-order valence-electron chi connectivity index (χ0n) is 11.5. The summed E-state index contributed by atoms with van der Waals surface area (Å²) in [6.07, 6.45) is 0.590. The minimum atomic E-state index is -0.942. The molecule has 1 fully saturated rings. The van der Waals surface area contributed by atoms with Gasteiger partial charge < -0.3 is 20.2 Å². The lowest BCUT2D eigenvalue weighted by molar-refractivity contribution is -0.141. The Morgan fingerprint density at radius 1 is 1.58 bits per heavy atom. The number of rotatable bonds is 5. The molecule has 0 aliphatic carbocycles. The predicted octanol–water partition coefficient (Wildman–Crippen LogP) is -0.0307. The van der Waals surface area contributed by atoms with Gasteiger partial charge in [-0.25, -0.2) is 4.79 Å². The monoisotopic (exact) mass is 271 g/mol. The van der Waals surface area contributed by atoms with Gasteiger partial charge in [0.25, 0.3) is 0 Å². The van der Waals surface area contributed by atoms with E-state index in [1.807, 2.05) is 0 Å². The number of carbonyl (C=O) groups excluding carboxylic acids is 2. The summed E-state index contributed by atoms with van der Waals surface area (Å²) in [5.41, 5.74) is 0. The fourth-order valence-corrected chi connectivity index (χ4v) is 1.96. The van der Waals surface area contributed by atoms with Crippen LogP contribution in [0.4, 0.5) is 4.79 Å². The van der Waals surface area contributed by atoms with Crippen LogP contribution in [0.5, 0.6) is 0 Å². The van der Waals surface area contributed by atoms with Crippen LogP contribution in [0.1, 0.15) is 20.3 Å². The smallest absolute Gasteiger partial charge is 0.318 e. The maximum Gasteiger partial charge on any atom is 0.318 e. The number of nitrogens with one attached hydrogen (secondary N) is 1. The van der Waals surface area contributed by atoms with Gasteiger partial charge in [0.15, 0.2) is 0 Å². The molecule has 0 saturated carbocycles. The number of aliphatic carboxylic acids is 1. The van der Waals surface area contributed by atoms with Gasteiger partial charge in [-0.1, -0.05) is 6.92 Å². The van der Waals surface area contributed by atoms with Crippen LogP contribution < -0.4 is 5.32 Å². The normalized spacial score (nSPS) is 20.3. The van der Waals surface area contributed by atoms with Crippen LogP contribution in [0.15, 0.2) is 0 Å². The zero-order valence-corrected chi connectivity index (χ0v) is 11.5. The zero-order chi connectivity index (χ0) is 14.6. The van der Waals surface area contributed by atoms with Crippen LogP contribution in [0.2, 0.25) is 0 Å². The molecule has 0 aromatic rings. The van der Waals surface area contributed by atoms with Crippen molar-refractivity contribution in [1.29, 1.82) is 0 Å². The average Bonchev–Trinajstić information content (AvgIpc) is 2.67. The van der Waals surface area contributed by atoms with Crippen molar-refractivity contribution in [3.8, 4) is 0 Å². The number of likely N-dealkylation sites (N-methyl/N-ethyl adjacent to an activating group) is 1. The van der Waals surface area contributed by atoms with E-state index in [0.29, 0.717) is 19.5 Å². The van der Waals surface area contributed by atoms with E-state index in [2.05, 4.69) is 5.32 Å². The summed E-state index contributed by atoms with van der Waals surface area (Å²) in [7, 11) is 1.69. The number of urea groups is 1. The number of hydrogen-bond donors (Lipinski definition) is 2. The SMILES string of the molecule is CCN(CC(C)C(=O)O)C(=O)NC1CCN(C)C1=O. The first-order valence-electron chi connectivity index (χ1n) is 6.40. The van der Waals surface area contributed by atoms with E-state index in [1.54, 1.807) is 25.8 Å². The van der Waals surface area contributed by atoms with E-state index < -0.39 is 17.9 Å². The van der Waals surface area contributed by atoms with Crippen LogP contribution in [0.25, 0.3) is 0 Å². The van der Waals surface area contributed by atoms with E-state index >= 15 is 0 Å². The Kier molecular flexibility index (Phi) is 5.14. The lowest BCUT2D eigenvalue weighted by Gasteiger charge is -2.24. The molecule has 2 atom stereocenters. The van der Waals surface area contributed by atoms with Crippen LogP contribution in [-0.2, 0) is 9.59 Å². The fraction of sp³-hybridized carbons (Fsp3) is 0.750. The summed E-state index contributed by atoms with van der Waals surface area (Å²) in [6.45, 7) is 4.49. The van der Waals surface area contributed by atoms with Crippen molar-refractivity contribution in [2.45, 2.75) is 26.3 Å².